The summed E-state index contributed by atoms with van der Waals surface area (Å²) < 4.78 is 14.1. The van der Waals surface area contributed by atoms with E-state index in [0.717, 1.165) is 11.8 Å². The Balaban J connectivity index is 1.61. The lowest BCUT2D eigenvalue weighted by molar-refractivity contribution is -0.122. The number of hydrogen-bond acceptors (Lipinski definition) is 5. The van der Waals surface area contributed by atoms with Gasteiger partial charge in [-0.3, -0.25) is 14.5 Å². The number of phenolic OH excluding ortho intramolecular Hbond substituents is 1. The van der Waals surface area contributed by atoms with Crippen molar-refractivity contribution in [3.8, 4) is 5.75 Å². The molecule has 0 radical (unpaired) electrons. The second-order valence-corrected chi connectivity index (χ2v) is 7.38. The van der Waals surface area contributed by atoms with Crippen LogP contribution in [0.3, 0.4) is 0 Å². The molecule has 1 fully saturated rings. The molecule has 0 atom stereocenters. The average Bonchev–Trinajstić information content (AvgIpc) is 2.90. The fourth-order valence-corrected chi connectivity index (χ4v) is 3.71. The summed E-state index contributed by atoms with van der Waals surface area (Å²) in [5, 5.41) is 11.9. The van der Waals surface area contributed by atoms with E-state index in [1.807, 2.05) is 0 Å². The van der Waals surface area contributed by atoms with Gasteiger partial charge in [-0.1, -0.05) is 42.2 Å². The number of benzene rings is 2. The maximum absolute atomic E-state index is 13.8. The standard InChI is InChI=1S/C19H15FN2O3S2/c20-15-4-2-1-3-12(15)11-16-18(25)22(19(26)27-16)10-9-17(24)21-13-5-7-14(23)8-6-13/h1-8,11,23H,9-10H2,(H,21,24)/b16-11-. The maximum Gasteiger partial charge on any atom is 0.266 e. The Morgan fingerprint density at radius 2 is 1.93 bits per heavy atom. The number of anilines is 1. The number of thiocarbonyl (C=S) groups is 1. The van der Waals surface area contributed by atoms with Crippen LogP contribution in [0.1, 0.15) is 12.0 Å². The first-order valence-electron chi connectivity index (χ1n) is 8.03. The summed E-state index contributed by atoms with van der Waals surface area (Å²) >= 11 is 6.30. The summed E-state index contributed by atoms with van der Waals surface area (Å²) in [6, 6.07) is 12.2. The first kappa shape index (κ1) is 19.1. The largest absolute Gasteiger partial charge is 0.508 e. The second kappa shape index (κ2) is 8.32. The third-order valence-corrected chi connectivity index (χ3v) is 5.16. The van der Waals surface area contributed by atoms with E-state index in [1.54, 1.807) is 30.3 Å². The summed E-state index contributed by atoms with van der Waals surface area (Å²) in [4.78, 5) is 26.2. The van der Waals surface area contributed by atoms with Crippen molar-refractivity contribution in [1.29, 1.82) is 0 Å². The molecule has 2 N–H and O–H groups in total. The van der Waals surface area contributed by atoms with Crippen molar-refractivity contribution in [2.24, 2.45) is 0 Å². The molecule has 5 nitrogen and oxygen atoms in total. The SMILES string of the molecule is O=C(CCN1C(=O)/C(=C/c2ccccc2F)SC1=S)Nc1ccc(O)cc1. The minimum Gasteiger partial charge on any atom is -0.508 e. The molecule has 0 aromatic heterocycles. The van der Waals surface area contributed by atoms with Crippen LogP contribution in [0.25, 0.3) is 6.08 Å². The molecular weight excluding hydrogens is 387 g/mol. The highest BCUT2D eigenvalue weighted by atomic mass is 32.2. The zero-order valence-electron chi connectivity index (χ0n) is 14.0. The van der Waals surface area contributed by atoms with Crippen LogP contribution in [0.2, 0.25) is 0 Å². The van der Waals surface area contributed by atoms with Crippen LogP contribution >= 0.6 is 24.0 Å². The molecule has 2 aromatic carbocycles. The molecule has 8 heteroatoms. The first-order valence-corrected chi connectivity index (χ1v) is 9.25. The van der Waals surface area contributed by atoms with Gasteiger partial charge in [0.25, 0.3) is 5.91 Å². The number of aromatic hydroxyl groups is 1. The number of rotatable bonds is 5. The lowest BCUT2D eigenvalue weighted by atomic mass is 10.2. The molecule has 1 aliphatic rings. The Kier molecular flexibility index (Phi) is 5.88. The van der Waals surface area contributed by atoms with Gasteiger partial charge in [-0.05, 0) is 36.4 Å². The van der Waals surface area contributed by atoms with E-state index in [9.17, 15) is 19.1 Å². The predicted octanol–water partition coefficient (Wildman–Crippen LogP) is 3.76. The van der Waals surface area contributed by atoms with Crippen molar-refractivity contribution in [2.45, 2.75) is 6.42 Å². The highest BCUT2D eigenvalue weighted by molar-refractivity contribution is 8.26. The number of nitrogens with zero attached hydrogens (tertiary/aromatic N) is 1. The van der Waals surface area contributed by atoms with Crippen LogP contribution in [0.4, 0.5) is 10.1 Å². The number of phenols is 1. The van der Waals surface area contributed by atoms with Crippen LogP contribution in [-0.2, 0) is 9.59 Å². The van der Waals surface area contributed by atoms with Crippen molar-refractivity contribution in [3.63, 3.8) is 0 Å². The molecular formula is C19H15FN2O3S2. The Labute approximate surface area is 164 Å². The summed E-state index contributed by atoms with van der Waals surface area (Å²) in [7, 11) is 0. The minimum absolute atomic E-state index is 0.0558. The molecule has 0 saturated carbocycles. The van der Waals surface area contributed by atoms with Crippen molar-refractivity contribution in [2.75, 3.05) is 11.9 Å². The predicted molar refractivity (Wildman–Crippen MR) is 108 cm³/mol. The monoisotopic (exact) mass is 402 g/mol. The van der Waals surface area contributed by atoms with Gasteiger partial charge in [-0.15, -0.1) is 0 Å². The van der Waals surface area contributed by atoms with Crippen LogP contribution in [0.5, 0.6) is 5.75 Å². The normalized spacial score (nSPS) is 15.4. The fourth-order valence-electron chi connectivity index (χ4n) is 2.41. The number of halogens is 1. The van der Waals surface area contributed by atoms with Crippen LogP contribution < -0.4 is 5.32 Å². The van der Waals surface area contributed by atoms with E-state index in [1.165, 1.54) is 29.2 Å². The molecule has 0 aliphatic carbocycles. The molecule has 3 rings (SSSR count). The van der Waals surface area contributed by atoms with Gasteiger partial charge in [-0.2, -0.15) is 0 Å². The zero-order valence-corrected chi connectivity index (χ0v) is 15.6. The van der Waals surface area contributed by atoms with Crippen molar-refractivity contribution >= 4 is 51.9 Å². The van der Waals surface area contributed by atoms with Crippen LogP contribution in [0.15, 0.2) is 53.4 Å². The third kappa shape index (κ3) is 4.72. The second-order valence-electron chi connectivity index (χ2n) is 5.70. The molecule has 27 heavy (non-hydrogen) atoms. The van der Waals surface area contributed by atoms with Crippen molar-refractivity contribution in [3.05, 3.63) is 64.8 Å². The Morgan fingerprint density at radius 3 is 2.63 bits per heavy atom. The van der Waals surface area contributed by atoms with Gasteiger partial charge in [-0.25, -0.2) is 4.39 Å². The molecule has 2 amide bonds. The van der Waals surface area contributed by atoms with E-state index >= 15 is 0 Å². The minimum atomic E-state index is -0.420. The summed E-state index contributed by atoms with van der Waals surface area (Å²) in [5.41, 5.74) is 0.853. The molecule has 1 aliphatic heterocycles. The lowest BCUT2D eigenvalue weighted by Gasteiger charge is -2.14. The smallest absolute Gasteiger partial charge is 0.266 e. The molecule has 1 saturated heterocycles. The third-order valence-electron chi connectivity index (χ3n) is 3.78. The molecule has 2 aromatic rings. The Bertz CT molecular complexity index is 929. The van der Waals surface area contributed by atoms with E-state index in [4.69, 9.17) is 12.2 Å². The molecule has 0 spiro atoms. The summed E-state index contributed by atoms with van der Waals surface area (Å²) in [5.74, 6) is -0.943. The van der Waals surface area contributed by atoms with Gasteiger partial charge >= 0.3 is 0 Å². The van der Waals surface area contributed by atoms with Crippen LogP contribution in [-0.4, -0.2) is 32.7 Å². The van der Waals surface area contributed by atoms with Gasteiger partial charge in [0, 0.05) is 24.2 Å². The van der Waals surface area contributed by atoms with Crippen LogP contribution in [0, 0.1) is 5.82 Å². The molecule has 138 valence electrons. The number of thioether (sulfide) groups is 1. The van der Waals surface area contributed by atoms with E-state index in [-0.39, 0.29) is 30.5 Å². The number of amides is 2. The van der Waals surface area contributed by atoms with Gasteiger partial charge < -0.3 is 10.4 Å². The summed E-state index contributed by atoms with van der Waals surface area (Å²) in [6.07, 6.45) is 1.52. The van der Waals surface area contributed by atoms with E-state index in [0.29, 0.717) is 20.5 Å². The van der Waals surface area contributed by atoms with Crippen molar-refractivity contribution in [1.82, 2.24) is 4.90 Å². The van der Waals surface area contributed by atoms with Gasteiger partial charge in [0.05, 0.1) is 4.91 Å². The molecule has 1 heterocycles. The molecule has 0 bridgehead atoms. The van der Waals surface area contributed by atoms with Gasteiger partial charge in [0.2, 0.25) is 5.91 Å². The number of carbonyl (C=O) groups is 2. The quantitative estimate of drug-likeness (QED) is 0.453. The Hall–Kier alpha value is -2.71. The highest BCUT2D eigenvalue weighted by Crippen LogP contribution is 2.33. The highest BCUT2D eigenvalue weighted by Gasteiger charge is 2.32. The van der Waals surface area contributed by atoms with Gasteiger partial charge in [0.15, 0.2) is 0 Å². The average molecular weight is 402 g/mol. The zero-order chi connectivity index (χ0) is 19.4. The van der Waals surface area contributed by atoms with Crippen molar-refractivity contribution < 1.29 is 19.1 Å². The lowest BCUT2D eigenvalue weighted by Crippen LogP contribution is -2.31. The Morgan fingerprint density at radius 1 is 1.22 bits per heavy atom. The first-order chi connectivity index (χ1) is 12.9. The number of nitrogens with one attached hydrogen (secondary N) is 1. The number of hydrogen-bond donors (Lipinski definition) is 2. The van der Waals surface area contributed by atoms with Gasteiger partial charge in [0.1, 0.15) is 15.9 Å². The van der Waals surface area contributed by atoms with E-state index in [2.05, 4.69) is 5.32 Å². The van der Waals surface area contributed by atoms with E-state index < -0.39 is 5.82 Å². The fraction of sp³-hybridized carbons (Fsp3) is 0.105. The topological polar surface area (TPSA) is 69.6 Å². The summed E-state index contributed by atoms with van der Waals surface area (Å²) in [6.45, 7) is 0.128. The number of carbonyl (C=O) groups excluding carboxylic acids is 2. The maximum atomic E-state index is 13.8. The molecule has 0 unspecified atom stereocenters.